The van der Waals surface area contributed by atoms with Crippen molar-refractivity contribution in [3.63, 3.8) is 0 Å². The first-order chi connectivity index (χ1) is 14.9. The van der Waals surface area contributed by atoms with Crippen LogP contribution in [-0.2, 0) is 23.8 Å². The molecule has 0 N–H and O–H groups in total. The Balaban J connectivity index is 1.86. The molecule has 0 amide bonds. The fourth-order valence-corrected chi connectivity index (χ4v) is 5.73. The van der Waals surface area contributed by atoms with Crippen LogP contribution < -0.4 is 0 Å². The van der Waals surface area contributed by atoms with Gasteiger partial charge in [-0.2, -0.15) is 0 Å². The molecule has 0 heterocycles. The van der Waals surface area contributed by atoms with Gasteiger partial charge in [0.15, 0.2) is 0 Å². The monoisotopic (exact) mass is 436 g/mol. The summed E-state index contributed by atoms with van der Waals surface area (Å²) in [5.41, 5.74) is 0.517. The lowest BCUT2D eigenvalue weighted by molar-refractivity contribution is -0.149. The molecule has 0 radical (unpaired) electrons. The second-order valence-electron chi connectivity index (χ2n) is 9.98. The highest BCUT2D eigenvalue weighted by Crippen LogP contribution is 2.49. The Hall–Kier alpha value is -1.36. The zero-order valence-electron chi connectivity index (χ0n) is 20.1. The van der Waals surface area contributed by atoms with Crippen LogP contribution in [0.2, 0.25) is 0 Å². The second-order valence-corrected chi connectivity index (χ2v) is 9.98. The molecule has 0 aliphatic heterocycles. The molecule has 2 saturated carbocycles. The largest absolute Gasteiger partial charge is 0.464 e. The second kappa shape index (κ2) is 13.2. The van der Waals surface area contributed by atoms with Crippen LogP contribution in [0, 0.1) is 23.2 Å². The fourth-order valence-electron chi connectivity index (χ4n) is 5.73. The summed E-state index contributed by atoms with van der Waals surface area (Å²) in [6, 6.07) is 0. The first-order valence-corrected chi connectivity index (χ1v) is 12.4. The van der Waals surface area contributed by atoms with Crippen LogP contribution in [-0.4, -0.2) is 38.9 Å². The lowest BCUT2D eigenvalue weighted by Gasteiger charge is -2.44. The lowest BCUT2D eigenvalue weighted by atomic mass is 9.62. The molecule has 0 aromatic carbocycles. The third-order valence-corrected chi connectivity index (χ3v) is 7.72. The molecule has 0 saturated heterocycles. The highest BCUT2D eigenvalue weighted by molar-refractivity contribution is 5.86. The smallest absolute Gasteiger partial charge is 0.333 e. The minimum Gasteiger partial charge on any atom is -0.464 e. The number of hydrogen-bond donors (Lipinski definition) is 0. The molecule has 31 heavy (non-hydrogen) atoms. The van der Waals surface area contributed by atoms with Crippen molar-refractivity contribution in [3.05, 3.63) is 12.2 Å². The average molecular weight is 437 g/mol. The summed E-state index contributed by atoms with van der Waals surface area (Å²) < 4.78 is 15.6. The van der Waals surface area contributed by atoms with Crippen LogP contribution in [0.3, 0.4) is 0 Å². The molecule has 178 valence electrons. The predicted octanol–water partition coefficient (Wildman–Crippen LogP) is 5.86. The topological polar surface area (TPSA) is 61.8 Å². The number of rotatable bonds is 12. The maximum atomic E-state index is 11.8. The van der Waals surface area contributed by atoms with E-state index in [9.17, 15) is 9.59 Å². The zero-order chi connectivity index (χ0) is 22.7. The molecule has 2 aliphatic rings. The molecule has 2 fully saturated rings. The van der Waals surface area contributed by atoms with Crippen molar-refractivity contribution in [2.24, 2.45) is 23.2 Å². The average Bonchev–Trinajstić information content (AvgIpc) is 2.75. The van der Waals surface area contributed by atoms with Gasteiger partial charge in [0.2, 0.25) is 0 Å². The molecule has 5 nitrogen and oxygen atoms in total. The van der Waals surface area contributed by atoms with Gasteiger partial charge in [-0.15, -0.1) is 0 Å². The van der Waals surface area contributed by atoms with E-state index >= 15 is 0 Å². The van der Waals surface area contributed by atoms with E-state index in [0.717, 1.165) is 43.4 Å². The highest BCUT2D eigenvalue weighted by Gasteiger charge is 2.38. The number of hydrogen-bond acceptors (Lipinski definition) is 5. The van der Waals surface area contributed by atoms with Gasteiger partial charge >= 0.3 is 11.9 Å². The first kappa shape index (κ1) is 25.9. The van der Waals surface area contributed by atoms with Gasteiger partial charge in [-0.25, -0.2) is 9.59 Å². The fraction of sp³-hybridized carbons (Fsp3) is 0.846. The normalized spacial score (nSPS) is 28.7. The SMILES string of the molecule is C=C(C)C(=O)OCCC1(CCOC(=O)COC)CCC(C2CCC(CCC)CC2)CC1. The van der Waals surface area contributed by atoms with Crippen LogP contribution in [0.15, 0.2) is 12.2 Å². The number of methoxy groups -OCH3 is 1. The van der Waals surface area contributed by atoms with E-state index in [0.29, 0.717) is 18.8 Å². The quantitative estimate of drug-likeness (QED) is 0.283. The molecule has 5 heteroatoms. The van der Waals surface area contributed by atoms with Crippen LogP contribution in [0.1, 0.15) is 90.9 Å². The Morgan fingerprint density at radius 2 is 1.52 bits per heavy atom. The van der Waals surface area contributed by atoms with E-state index in [1.165, 1.54) is 58.5 Å². The summed E-state index contributed by atoms with van der Waals surface area (Å²) in [6.07, 6.45) is 14.7. The van der Waals surface area contributed by atoms with Crippen LogP contribution in [0.5, 0.6) is 0 Å². The van der Waals surface area contributed by atoms with Gasteiger partial charge in [-0.1, -0.05) is 39.2 Å². The summed E-state index contributed by atoms with van der Waals surface area (Å²) in [4.78, 5) is 23.5. The number of carbonyl (C=O) groups excluding carboxylic acids is 2. The molecular formula is C26H44O5. The van der Waals surface area contributed by atoms with Gasteiger partial charge in [-0.05, 0) is 81.5 Å². The van der Waals surface area contributed by atoms with Crippen molar-refractivity contribution < 1.29 is 23.8 Å². The molecular weight excluding hydrogens is 392 g/mol. The third kappa shape index (κ3) is 8.59. The zero-order valence-corrected chi connectivity index (χ0v) is 20.1. The van der Waals surface area contributed by atoms with Gasteiger partial charge in [0, 0.05) is 12.7 Å². The van der Waals surface area contributed by atoms with Crippen molar-refractivity contribution in [2.75, 3.05) is 26.9 Å². The summed E-state index contributed by atoms with van der Waals surface area (Å²) in [5, 5.41) is 0. The third-order valence-electron chi connectivity index (χ3n) is 7.72. The first-order valence-electron chi connectivity index (χ1n) is 12.4. The van der Waals surface area contributed by atoms with E-state index in [-0.39, 0.29) is 24.0 Å². The lowest BCUT2D eigenvalue weighted by Crippen LogP contribution is -2.34. The highest BCUT2D eigenvalue weighted by atomic mass is 16.6. The minimum absolute atomic E-state index is 0.00793. The van der Waals surface area contributed by atoms with E-state index in [4.69, 9.17) is 14.2 Å². The van der Waals surface area contributed by atoms with Gasteiger partial charge < -0.3 is 14.2 Å². The molecule has 0 aromatic rings. The number of ether oxygens (including phenoxy) is 3. The van der Waals surface area contributed by atoms with Crippen molar-refractivity contribution in [1.82, 2.24) is 0 Å². The van der Waals surface area contributed by atoms with E-state index in [2.05, 4.69) is 13.5 Å². The van der Waals surface area contributed by atoms with Crippen molar-refractivity contribution in [2.45, 2.75) is 90.9 Å². The van der Waals surface area contributed by atoms with Crippen molar-refractivity contribution in [3.8, 4) is 0 Å². The standard InChI is InChI=1S/C26H44O5/c1-5-6-21-7-9-22(10-8-21)23-11-13-26(14-12-23,15-17-30-24(27)19-29-4)16-18-31-25(28)20(2)3/h21-23H,2,5-19H2,1,3-4H3. The molecule has 2 rings (SSSR count). The van der Waals surface area contributed by atoms with E-state index < -0.39 is 0 Å². The molecule has 0 bridgehead atoms. The van der Waals surface area contributed by atoms with Crippen molar-refractivity contribution in [1.29, 1.82) is 0 Å². The summed E-state index contributed by atoms with van der Waals surface area (Å²) in [6.45, 7) is 8.44. The predicted molar refractivity (Wildman–Crippen MR) is 123 cm³/mol. The number of carbonyl (C=O) groups is 2. The Bertz CT molecular complexity index is 568. The van der Waals surface area contributed by atoms with E-state index in [1.807, 2.05) is 0 Å². The van der Waals surface area contributed by atoms with E-state index in [1.54, 1.807) is 6.92 Å². The van der Waals surface area contributed by atoms with Crippen LogP contribution >= 0.6 is 0 Å². The molecule has 2 aliphatic carbocycles. The Morgan fingerprint density at radius 3 is 2.06 bits per heavy atom. The van der Waals surface area contributed by atoms with Gasteiger partial charge in [0.05, 0.1) is 13.2 Å². The maximum absolute atomic E-state index is 11.8. The van der Waals surface area contributed by atoms with Gasteiger partial charge in [-0.3, -0.25) is 0 Å². The molecule has 0 spiro atoms. The molecule has 0 aromatic heterocycles. The van der Waals surface area contributed by atoms with Crippen molar-refractivity contribution >= 4 is 11.9 Å². The Labute approximate surface area is 189 Å². The van der Waals surface area contributed by atoms with Gasteiger partial charge in [0.1, 0.15) is 6.61 Å². The summed E-state index contributed by atoms with van der Waals surface area (Å²) >= 11 is 0. The minimum atomic E-state index is -0.320. The Kier molecular flexibility index (Phi) is 11.1. The summed E-state index contributed by atoms with van der Waals surface area (Å²) in [7, 11) is 1.50. The summed E-state index contributed by atoms with van der Waals surface area (Å²) in [5.74, 6) is 2.02. The van der Waals surface area contributed by atoms with Crippen LogP contribution in [0.4, 0.5) is 0 Å². The Morgan fingerprint density at radius 1 is 0.935 bits per heavy atom. The van der Waals surface area contributed by atoms with Gasteiger partial charge in [0.25, 0.3) is 0 Å². The molecule has 0 atom stereocenters. The number of esters is 2. The maximum Gasteiger partial charge on any atom is 0.333 e. The molecule has 0 unspecified atom stereocenters. The van der Waals surface area contributed by atoms with Crippen LogP contribution in [0.25, 0.3) is 0 Å².